The van der Waals surface area contributed by atoms with E-state index in [-0.39, 0.29) is 30.8 Å². The summed E-state index contributed by atoms with van der Waals surface area (Å²) in [7, 11) is 0. The number of thiocarbonyl (C=S) groups is 1. The van der Waals surface area contributed by atoms with Crippen molar-refractivity contribution in [3.05, 3.63) is 19.3 Å². The van der Waals surface area contributed by atoms with Gasteiger partial charge in [-0.1, -0.05) is 47.0 Å². The van der Waals surface area contributed by atoms with Crippen LogP contribution in [0.3, 0.4) is 0 Å². The molecule has 0 atom stereocenters. The van der Waals surface area contributed by atoms with Gasteiger partial charge in [0.05, 0.1) is 21.6 Å². The van der Waals surface area contributed by atoms with Crippen LogP contribution in [0.25, 0.3) is 0 Å². The van der Waals surface area contributed by atoms with Crippen LogP contribution in [-0.4, -0.2) is 17.4 Å². The molecule has 0 bridgehead atoms. The second-order valence-corrected chi connectivity index (χ2v) is 5.38. The second-order valence-electron chi connectivity index (χ2n) is 2.48. The molecule has 0 unspecified atom stereocenters. The Labute approximate surface area is 110 Å². The molecule has 0 saturated carbocycles. The van der Waals surface area contributed by atoms with E-state index in [2.05, 4.69) is 17.5 Å². The molecule has 3 nitrogen and oxygen atoms in total. The van der Waals surface area contributed by atoms with Gasteiger partial charge in [0, 0.05) is 0 Å². The van der Waals surface area contributed by atoms with Crippen LogP contribution in [0.1, 0.15) is 9.67 Å². The molecule has 0 aromatic carbocycles. The zero-order valence-electron chi connectivity index (χ0n) is 7.14. The lowest BCUT2D eigenvalue weighted by molar-refractivity contribution is 0.0963. The van der Waals surface area contributed by atoms with Gasteiger partial charge in [-0.2, -0.15) is 0 Å². The molecule has 3 N–H and O–H groups in total. The van der Waals surface area contributed by atoms with Crippen LogP contribution in [-0.2, 0) is 0 Å². The molecule has 1 aromatic heterocycles. The highest BCUT2D eigenvalue weighted by molar-refractivity contribution is 7.80. The van der Waals surface area contributed by atoms with Crippen molar-refractivity contribution in [3.63, 3.8) is 0 Å². The number of carbonyl (C=O) groups is 1. The van der Waals surface area contributed by atoms with Gasteiger partial charge in [0.25, 0.3) is 5.91 Å². The van der Waals surface area contributed by atoms with Crippen molar-refractivity contribution in [1.82, 2.24) is 5.32 Å². The first-order chi connectivity index (χ1) is 6.93. The van der Waals surface area contributed by atoms with Gasteiger partial charge in [-0.15, -0.1) is 11.3 Å². The molecule has 0 radical (unpaired) electrons. The first-order valence-electron chi connectivity index (χ1n) is 3.63. The number of carbonyl (C=O) groups excluding carboxylic acids is 1. The molecular weight excluding hydrogens is 299 g/mol. The Morgan fingerprint density at radius 1 is 1.40 bits per heavy atom. The Bertz CT molecular complexity index is 419. The normalized spacial score (nSPS) is 10.1. The zero-order chi connectivity index (χ0) is 11.6. The number of nitrogens with one attached hydrogen (secondary N) is 1. The van der Waals surface area contributed by atoms with Crippen LogP contribution in [0, 0.1) is 0 Å². The van der Waals surface area contributed by atoms with Crippen molar-refractivity contribution in [3.8, 4) is 0 Å². The molecule has 0 spiro atoms. The van der Waals surface area contributed by atoms with Crippen molar-refractivity contribution in [2.75, 3.05) is 6.54 Å². The highest BCUT2D eigenvalue weighted by Gasteiger charge is 2.19. The average Bonchev–Trinajstić information content (AvgIpc) is 2.42. The molecule has 1 amide bonds. The van der Waals surface area contributed by atoms with Gasteiger partial charge in [0.1, 0.15) is 9.21 Å². The largest absolute Gasteiger partial charge is 0.392 e. The van der Waals surface area contributed by atoms with Crippen LogP contribution in [0.2, 0.25) is 14.4 Å². The lowest BCUT2D eigenvalue weighted by Gasteiger charge is -2.01. The fourth-order valence-electron chi connectivity index (χ4n) is 0.759. The van der Waals surface area contributed by atoms with Gasteiger partial charge in [0.2, 0.25) is 0 Å². The number of rotatable bonds is 3. The first-order valence-corrected chi connectivity index (χ1v) is 5.99. The lowest BCUT2D eigenvalue weighted by atomic mass is 10.4. The number of halogens is 3. The van der Waals surface area contributed by atoms with Gasteiger partial charge in [-0.25, -0.2) is 0 Å². The Morgan fingerprint density at radius 2 is 2.00 bits per heavy atom. The Kier molecular flexibility index (Phi) is 4.61. The minimum absolute atomic E-state index is 0.109. The van der Waals surface area contributed by atoms with Crippen LogP contribution < -0.4 is 11.1 Å². The van der Waals surface area contributed by atoms with E-state index in [1.54, 1.807) is 0 Å². The second kappa shape index (κ2) is 5.32. The predicted molar refractivity (Wildman–Crippen MR) is 68.5 cm³/mol. The van der Waals surface area contributed by atoms with E-state index in [0.29, 0.717) is 0 Å². The number of hydrogen-bond donors (Lipinski definition) is 2. The quantitative estimate of drug-likeness (QED) is 0.844. The highest BCUT2D eigenvalue weighted by atomic mass is 35.5. The summed E-state index contributed by atoms with van der Waals surface area (Å²) in [6.07, 6.45) is 0. The van der Waals surface area contributed by atoms with Gasteiger partial charge >= 0.3 is 0 Å². The van der Waals surface area contributed by atoms with Crippen molar-refractivity contribution in [2.45, 2.75) is 0 Å². The maximum Gasteiger partial charge on any atom is 0.263 e. The molecule has 1 heterocycles. The third-order valence-electron chi connectivity index (χ3n) is 1.39. The summed E-state index contributed by atoms with van der Waals surface area (Å²) < 4.78 is 0.280. The zero-order valence-corrected chi connectivity index (χ0v) is 11.0. The molecule has 0 aliphatic carbocycles. The van der Waals surface area contributed by atoms with E-state index in [1.807, 2.05) is 0 Å². The van der Waals surface area contributed by atoms with Gasteiger partial charge in [-0.05, 0) is 0 Å². The molecule has 15 heavy (non-hydrogen) atoms. The van der Waals surface area contributed by atoms with Crippen molar-refractivity contribution in [2.24, 2.45) is 5.73 Å². The molecule has 0 aliphatic rings. The van der Waals surface area contributed by atoms with E-state index >= 15 is 0 Å². The third kappa shape index (κ3) is 3.19. The van der Waals surface area contributed by atoms with E-state index in [4.69, 9.17) is 40.5 Å². The third-order valence-corrected chi connectivity index (χ3v) is 4.10. The fourth-order valence-corrected chi connectivity index (χ4v) is 2.55. The first kappa shape index (κ1) is 13.0. The standard InChI is InChI=1S/C7H5Cl3N2OS2/c8-3-4(9)6(10)15-5(3)7(13)12-1-2(11)14/h1H2,(H2,11,14)(H,12,13). The SMILES string of the molecule is NC(=S)CNC(=O)c1sc(Cl)c(Cl)c1Cl. The van der Waals surface area contributed by atoms with E-state index in [1.165, 1.54) is 0 Å². The summed E-state index contributed by atoms with van der Waals surface area (Å²) in [4.78, 5) is 12.0. The summed E-state index contributed by atoms with van der Waals surface area (Å²) in [5.74, 6) is -0.397. The molecular formula is C7H5Cl3N2OS2. The monoisotopic (exact) mass is 302 g/mol. The molecule has 0 fully saturated rings. The van der Waals surface area contributed by atoms with Crippen LogP contribution in [0.5, 0.6) is 0 Å². The minimum Gasteiger partial charge on any atom is -0.392 e. The van der Waals surface area contributed by atoms with E-state index < -0.39 is 5.91 Å². The Morgan fingerprint density at radius 3 is 2.40 bits per heavy atom. The minimum atomic E-state index is -0.397. The molecule has 82 valence electrons. The molecule has 1 rings (SSSR count). The highest BCUT2D eigenvalue weighted by Crippen LogP contribution is 2.40. The fraction of sp³-hybridized carbons (Fsp3) is 0.143. The van der Waals surface area contributed by atoms with Crippen molar-refractivity contribution in [1.29, 1.82) is 0 Å². The van der Waals surface area contributed by atoms with E-state index in [9.17, 15) is 4.79 Å². The number of nitrogens with two attached hydrogens (primary N) is 1. The molecule has 0 aliphatic heterocycles. The maximum atomic E-state index is 11.5. The van der Waals surface area contributed by atoms with E-state index in [0.717, 1.165) is 11.3 Å². The van der Waals surface area contributed by atoms with Crippen LogP contribution in [0.15, 0.2) is 0 Å². The summed E-state index contributed by atoms with van der Waals surface area (Å²) in [5.41, 5.74) is 5.23. The molecule has 0 saturated heterocycles. The molecule has 1 aromatic rings. The summed E-state index contributed by atoms with van der Waals surface area (Å²) in [6.45, 7) is 0.109. The smallest absolute Gasteiger partial charge is 0.263 e. The molecule has 8 heteroatoms. The maximum absolute atomic E-state index is 11.5. The lowest BCUT2D eigenvalue weighted by Crippen LogP contribution is -2.31. The Hall–Kier alpha value is -0.0700. The average molecular weight is 304 g/mol. The number of hydrogen-bond acceptors (Lipinski definition) is 3. The van der Waals surface area contributed by atoms with Crippen LogP contribution in [0.4, 0.5) is 0 Å². The van der Waals surface area contributed by atoms with Gasteiger partial charge < -0.3 is 11.1 Å². The van der Waals surface area contributed by atoms with Gasteiger partial charge in [-0.3, -0.25) is 4.79 Å². The summed E-state index contributed by atoms with van der Waals surface area (Å²) >= 11 is 22.8. The topological polar surface area (TPSA) is 55.1 Å². The summed E-state index contributed by atoms with van der Waals surface area (Å²) in [5, 5.41) is 2.81. The Balaban J connectivity index is 2.83. The van der Waals surface area contributed by atoms with Crippen molar-refractivity contribution < 1.29 is 4.79 Å². The predicted octanol–water partition coefficient (Wildman–Crippen LogP) is 2.72. The van der Waals surface area contributed by atoms with Crippen molar-refractivity contribution >= 4 is 69.3 Å². The van der Waals surface area contributed by atoms with Crippen LogP contribution >= 0.6 is 58.4 Å². The summed E-state index contributed by atoms with van der Waals surface area (Å²) in [6, 6.07) is 0. The van der Waals surface area contributed by atoms with Gasteiger partial charge in [0.15, 0.2) is 0 Å². The number of amides is 1. The number of thiophene rings is 1.